The van der Waals surface area contributed by atoms with Gasteiger partial charge in [-0.2, -0.15) is 0 Å². The van der Waals surface area contributed by atoms with Crippen molar-refractivity contribution < 1.29 is 37.3 Å². The summed E-state index contributed by atoms with van der Waals surface area (Å²) in [6.45, 7) is 6.71. The number of nitrogens with zero attached hydrogens (tertiary/aromatic N) is 1. The van der Waals surface area contributed by atoms with E-state index in [1.165, 1.54) is 44.9 Å². The first-order chi connectivity index (χ1) is 38.4. The molecule has 10 heteroatoms. The number of nitrogens with one attached hydrogen (secondary N) is 1. The summed E-state index contributed by atoms with van der Waals surface area (Å²) in [5.74, 6) is -0.585. The van der Waals surface area contributed by atoms with Gasteiger partial charge in [0.15, 0.2) is 0 Å². The molecule has 9 nitrogen and oxygen atoms in total. The Morgan fingerprint density at radius 2 is 0.810 bits per heavy atom. The van der Waals surface area contributed by atoms with E-state index in [1.807, 2.05) is 33.3 Å². The average molecular weight is 1120 g/mol. The second-order valence-corrected chi connectivity index (χ2v) is 22.9. The largest absolute Gasteiger partial charge is 0.472 e. The van der Waals surface area contributed by atoms with E-state index < -0.39 is 20.0 Å². The molecule has 0 aliphatic heterocycles. The third-order valence-corrected chi connectivity index (χ3v) is 13.8. The van der Waals surface area contributed by atoms with Crippen LogP contribution in [0.1, 0.15) is 226 Å². The first kappa shape index (κ1) is 74.9. The summed E-state index contributed by atoms with van der Waals surface area (Å²) in [5.41, 5.74) is 0. The van der Waals surface area contributed by atoms with Crippen LogP contribution in [0.5, 0.6) is 0 Å². The highest BCUT2D eigenvalue weighted by molar-refractivity contribution is 7.47. The minimum Gasteiger partial charge on any atom is -0.456 e. The van der Waals surface area contributed by atoms with Gasteiger partial charge in [0.2, 0.25) is 5.91 Å². The summed E-state index contributed by atoms with van der Waals surface area (Å²) in [7, 11) is 1.43. The Kier molecular flexibility index (Phi) is 54.2. The van der Waals surface area contributed by atoms with Gasteiger partial charge in [0.05, 0.1) is 33.8 Å². The van der Waals surface area contributed by atoms with Crippen molar-refractivity contribution in [2.75, 3.05) is 40.9 Å². The minimum absolute atomic E-state index is 0.0204. The number of ether oxygens (including phenoxy) is 1. The first-order valence-corrected chi connectivity index (χ1v) is 32.7. The van der Waals surface area contributed by atoms with E-state index in [9.17, 15) is 19.0 Å². The molecule has 448 valence electrons. The number of hydrogen-bond acceptors (Lipinski definition) is 6. The number of esters is 1. The maximum absolute atomic E-state index is 13.5. The van der Waals surface area contributed by atoms with Crippen molar-refractivity contribution in [3.63, 3.8) is 0 Å². The number of rotatable bonds is 54. The molecule has 0 aliphatic rings. The maximum atomic E-state index is 13.5. The lowest BCUT2D eigenvalue weighted by Gasteiger charge is -2.27. The average Bonchev–Trinajstić information content (AvgIpc) is 3.41. The zero-order valence-electron chi connectivity index (χ0n) is 51.1. The Balaban J connectivity index is 5.33. The van der Waals surface area contributed by atoms with Gasteiger partial charge in [-0.05, 0) is 128 Å². The van der Waals surface area contributed by atoms with Gasteiger partial charge >= 0.3 is 13.8 Å². The van der Waals surface area contributed by atoms with Crippen LogP contribution in [0.2, 0.25) is 0 Å². The predicted molar refractivity (Wildman–Crippen MR) is 341 cm³/mol. The monoisotopic (exact) mass is 1120 g/mol. The third kappa shape index (κ3) is 58.4. The van der Waals surface area contributed by atoms with Crippen molar-refractivity contribution in [1.29, 1.82) is 0 Å². The fourth-order valence-electron chi connectivity index (χ4n) is 8.03. The molecule has 3 atom stereocenters. The lowest BCUT2D eigenvalue weighted by molar-refractivity contribution is -0.870. The molecule has 0 fully saturated rings. The van der Waals surface area contributed by atoms with E-state index in [-0.39, 0.29) is 37.9 Å². The van der Waals surface area contributed by atoms with Crippen LogP contribution in [-0.2, 0) is 27.9 Å². The molecule has 0 aromatic rings. The molecule has 0 saturated heterocycles. The van der Waals surface area contributed by atoms with E-state index in [1.54, 1.807) is 0 Å². The smallest absolute Gasteiger partial charge is 0.456 e. The van der Waals surface area contributed by atoms with Crippen LogP contribution < -0.4 is 5.32 Å². The zero-order valence-corrected chi connectivity index (χ0v) is 51.9. The number of unbranched alkanes of at least 4 members (excludes halogenated alkanes) is 16. The second-order valence-electron chi connectivity index (χ2n) is 21.5. The molecule has 2 N–H and O–H groups in total. The predicted octanol–water partition coefficient (Wildman–Crippen LogP) is 19.4. The highest BCUT2D eigenvalue weighted by atomic mass is 31.2. The molecule has 0 heterocycles. The number of phosphoric ester groups is 1. The van der Waals surface area contributed by atoms with Gasteiger partial charge in [-0.3, -0.25) is 18.6 Å². The molecule has 0 radical (unpaired) electrons. The summed E-state index contributed by atoms with van der Waals surface area (Å²) in [6, 6.07) is -0.887. The highest BCUT2D eigenvalue weighted by Gasteiger charge is 2.30. The number of quaternary nitrogens is 1. The quantitative estimate of drug-likeness (QED) is 0.0205. The Hall–Kier alpha value is -4.11. The number of amides is 1. The van der Waals surface area contributed by atoms with Crippen molar-refractivity contribution in [2.45, 2.75) is 238 Å². The van der Waals surface area contributed by atoms with Gasteiger partial charge < -0.3 is 19.4 Å². The Morgan fingerprint density at radius 3 is 1.23 bits per heavy atom. The summed E-state index contributed by atoms with van der Waals surface area (Å²) in [6.07, 6.45) is 82.8. The van der Waals surface area contributed by atoms with Crippen molar-refractivity contribution in [1.82, 2.24) is 5.32 Å². The summed E-state index contributed by atoms with van der Waals surface area (Å²) in [4.78, 5) is 37.7. The normalized spacial score (nSPS) is 14.7. The van der Waals surface area contributed by atoms with Crippen molar-refractivity contribution in [3.8, 4) is 0 Å². The molecule has 0 aromatic carbocycles. The molecule has 0 aliphatic carbocycles. The molecule has 0 aromatic heterocycles. The van der Waals surface area contributed by atoms with Crippen LogP contribution in [0.25, 0.3) is 0 Å². The molecule has 1 amide bonds. The van der Waals surface area contributed by atoms with Crippen molar-refractivity contribution in [2.24, 2.45) is 0 Å². The van der Waals surface area contributed by atoms with E-state index >= 15 is 0 Å². The molecular formula is C69H116N2O7P+. The van der Waals surface area contributed by atoms with Crippen LogP contribution >= 0.6 is 7.82 Å². The molecule has 0 saturated carbocycles. The van der Waals surface area contributed by atoms with Gasteiger partial charge in [-0.25, -0.2) is 4.57 Å². The maximum Gasteiger partial charge on any atom is 0.472 e. The fraction of sp³-hybridized carbons (Fsp3) is 0.623. The van der Waals surface area contributed by atoms with Crippen LogP contribution in [0, 0.1) is 0 Å². The SMILES string of the molecule is CC/C=C\C/C=C\C/C=C\C/C=C\C/C=C\C/C=C\CCCCCCC(=O)NC(COP(=O)(O)OCC[N+](C)(C)C)C(/C=C\CCCCCCCCCCC)OC(=O)CCCCC/C=C\C/C=C\C/C=C\C/C=C\C/C=C\CC. The molecular weight excluding hydrogens is 1000 g/mol. The number of likely N-dealkylation sites (N-methyl/N-ethyl adjacent to an activating group) is 1. The van der Waals surface area contributed by atoms with Gasteiger partial charge in [-0.15, -0.1) is 0 Å². The first-order valence-electron chi connectivity index (χ1n) is 31.2. The zero-order chi connectivity index (χ0) is 57.9. The number of carbonyl (C=O) groups excluding carboxylic acids is 2. The van der Waals surface area contributed by atoms with Crippen LogP contribution in [0.3, 0.4) is 0 Å². The summed E-state index contributed by atoms with van der Waals surface area (Å²) < 4.78 is 30.6. The van der Waals surface area contributed by atoms with Gasteiger partial charge in [-0.1, -0.05) is 231 Å². The van der Waals surface area contributed by atoms with E-state index in [2.05, 4.69) is 160 Å². The Morgan fingerprint density at radius 1 is 0.456 bits per heavy atom. The minimum atomic E-state index is -4.48. The van der Waals surface area contributed by atoms with Crippen LogP contribution in [0.15, 0.2) is 146 Å². The number of carbonyl (C=O) groups is 2. The highest BCUT2D eigenvalue weighted by Crippen LogP contribution is 2.43. The summed E-state index contributed by atoms with van der Waals surface area (Å²) in [5, 5.41) is 3.03. The topological polar surface area (TPSA) is 111 Å². The molecule has 3 unspecified atom stereocenters. The van der Waals surface area contributed by atoms with Crippen LogP contribution in [0.4, 0.5) is 0 Å². The molecule has 0 bridgehead atoms. The number of hydrogen-bond donors (Lipinski definition) is 2. The molecule has 0 rings (SSSR count). The molecule has 0 spiro atoms. The van der Waals surface area contributed by atoms with Gasteiger partial charge in [0.1, 0.15) is 19.3 Å². The van der Waals surface area contributed by atoms with Crippen molar-refractivity contribution >= 4 is 19.7 Å². The second kappa shape index (κ2) is 57.1. The van der Waals surface area contributed by atoms with E-state index in [0.29, 0.717) is 23.9 Å². The van der Waals surface area contributed by atoms with Crippen molar-refractivity contribution in [3.05, 3.63) is 146 Å². The van der Waals surface area contributed by atoms with Gasteiger partial charge in [0.25, 0.3) is 0 Å². The number of allylic oxidation sites excluding steroid dienone is 23. The van der Waals surface area contributed by atoms with E-state index in [0.717, 1.165) is 135 Å². The summed E-state index contributed by atoms with van der Waals surface area (Å²) >= 11 is 0. The number of phosphoric acid groups is 1. The van der Waals surface area contributed by atoms with Crippen LogP contribution in [-0.4, -0.2) is 74.3 Å². The lowest BCUT2D eigenvalue weighted by atomic mass is 10.1. The third-order valence-electron chi connectivity index (χ3n) is 12.8. The van der Waals surface area contributed by atoms with Gasteiger partial charge in [0, 0.05) is 12.8 Å². The lowest BCUT2D eigenvalue weighted by Crippen LogP contribution is -2.47. The van der Waals surface area contributed by atoms with E-state index in [4.69, 9.17) is 13.8 Å². The standard InChI is InChI=1S/C69H115N2O7P/c1-7-10-13-16-19-22-25-27-29-31-33-34-35-36-38-39-41-43-46-49-52-55-58-61-68(72)70-66(65-77-79(74,75)76-64-63-71(4,5)6)67(60-57-54-51-48-45-24-21-18-15-12-9-3)78-69(73)62-59-56-53-50-47-44-42-40-37-32-30-28-26-23-20-17-14-11-8-2/h10-11,13-14,19-20,22-23,27-30,33-34,36-38,40-41,43-44,47,57,60,66-67H,7-9,12,15-18,21,24-26,31-32,35,39,42,45-46,48-56,58-59,61-65H2,1-6H3,(H-,70,72,74,75)/p+1/b13-10-,14-11-,22-19-,23-20-,29-27-,30-28-,34-33-,38-36-,40-37-,43-41-,47-44-,60-57-. The fourth-order valence-corrected chi connectivity index (χ4v) is 8.76. The Bertz CT molecular complexity index is 1860. The Labute approximate surface area is 485 Å². The molecule has 79 heavy (non-hydrogen) atoms.